The van der Waals surface area contributed by atoms with Crippen molar-refractivity contribution in [3.8, 4) is 5.75 Å². The molecule has 0 amide bonds. The summed E-state index contributed by atoms with van der Waals surface area (Å²) >= 11 is 0. The fourth-order valence-electron chi connectivity index (χ4n) is 14.4. The highest BCUT2D eigenvalue weighted by atomic mass is 16.8. The Labute approximate surface area is 329 Å². The van der Waals surface area contributed by atoms with Gasteiger partial charge in [0.2, 0.25) is 5.79 Å². The number of aromatic hydroxyl groups is 1. The monoisotopic (exact) mass is 764 g/mol. The zero-order valence-electron chi connectivity index (χ0n) is 33.0. The number of rotatable bonds is 6. The lowest BCUT2D eigenvalue weighted by molar-refractivity contribution is -0.224. The van der Waals surface area contributed by atoms with Crippen molar-refractivity contribution in [1.29, 1.82) is 0 Å². The Hall–Kier alpha value is -3.50. The van der Waals surface area contributed by atoms with Crippen LogP contribution in [0.5, 0.6) is 5.75 Å². The molecule has 3 heterocycles. The molecule has 0 radical (unpaired) electrons. The van der Waals surface area contributed by atoms with Gasteiger partial charge in [-0.15, -0.1) is 0 Å². The second kappa shape index (κ2) is 12.0. The van der Waals surface area contributed by atoms with Gasteiger partial charge in [-0.05, 0) is 109 Å². The number of hydrogen-bond donors (Lipinski definition) is 3. The third-order valence-corrected chi connectivity index (χ3v) is 17.3. The first-order chi connectivity index (χ1) is 26.6. The summed E-state index contributed by atoms with van der Waals surface area (Å²) in [6.45, 7) is 9.39. The minimum Gasteiger partial charge on any atom is -0.508 e. The Bertz CT molecular complexity index is 2010. The van der Waals surface area contributed by atoms with E-state index in [1.807, 2.05) is 6.07 Å². The van der Waals surface area contributed by atoms with E-state index in [0.29, 0.717) is 13.0 Å². The number of esters is 2. The van der Waals surface area contributed by atoms with E-state index in [-0.39, 0.29) is 82.1 Å². The molecule has 9 nitrogen and oxygen atoms in total. The molecule has 2 aromatic carbocycles. The quantitative estimate of drug-likeness (QED) is 0.208. The van der Waals surface area contributed by atoms with Crippen LogP contribution in [0.2, 0.25) is 0 Å². The number of aliphatic hydroxyl groups is 2. The van der Waals surface area contributed by atoms with Crippen molar-refractivity contribution in [2.45, 2.75) is 115 Å². The summed E-state index contributed by atoms with van der Waals surface area (Å²) in [7, 11) is 0. The SMILES string of the molecule is C[C@]12CC=C3C[C@@H](c4ccccc4)OC[C@]3(C)[C@@H]1C[C@@H](O)[C@]1(C)[C@@H]2C=C[C@]23C[C@]12CC[C@H]3[C@@H]1C[C@@]2(OC[C@](C)(OC(=O)CCc3ccc(O)cc3)[C@H]2O)OC1=O. The maximum Gasteiger partial charge on any atom is 0.312 e. The Morgan fingerprint density at radius 3 is 2.54 bits per heavy atom. The molecule has 14 atom stereocenters. The molecule has 0 unspecified atom stereocenters. The first kappa shape index (κ1) is 36.8. The maximum atomic E-state index is 13.9. The molecule has 3 aliphatic heterocycles. The summed E-state index contributed by atoms with van der Waals surface area (Å²) in [5.41, 5.74) is 1.27. The van der Waals surface area contributed by atoms with Crippen molar-refractivity contribution in [3.63, 3.8) is 0 Å². The number of ether oxygens (including phenoxy) is 4. The average Bonchev–Trinajstić information content (AvgIpc) is 3.47. The molecule has 2 aromatic rings. The predicted octanol–water partition coefficient (Wildman–Crippen LogP) is 7.14. The van der Waals surface area contributed by atoms with Gasteiger partial charge in [-0.25, -0.2) is 0 Å². The fraction of sp³-hybridized carbons (Fsp3) is 0.617. The van der Waals surface area contributed by atoms with Gasteiger partial charge < -0.3 is 34.3 Å². The third kappa shape index (κ3) is 4.74. The standard InChI is InChI=1S/C47H56O9/c1-41-19-16-30-22-34(29-8-6-5-7-9-29)53-26-42(30,2)36(41)23-37(49)44(4)35(41)18-20-45-25-46(44,45)21-17-33(45)32-24-47(56-39(32)51)40(52)43(3,27-54-47)55-38(50)15-12-28-10-13-31(48)14-11-28/h5-11,13-14,16,18,20,32-37,40,48-49,52H,12,15,17,19,21-27H2,1-4H3/t32-,33-,34-,35+,36+,37+,40+,41+,42-,43-,44-,45+,46+,47+/m0/s1. The lowest BCUT2D eigenvalue weighted by Crippen LogP contribution is -2.64. The zero-order valence-corrected chi connectivity index (χ0v) is 33.0. The van der Waals surface area contributed by atoms with Crippen LogP contribution < -0.4 is 0 Å². The molecule has 56 heavy (non-hydrogen) atoms. The third-order valence-electron chi connectivity index (χ3n) is 17.3. The van der Waals surface area contributed by atoms with Crippen LogP contribution in [0.4, 0.5) is 0 Å². The molecule has 298 valence electrons. The van der Waals surface area contributed by atoms with Crippen molar-refractivity contribution in [3.05, 3.63) is 89.5 Å². The number of benzene rings is 2. The van der Waals surface area contributed by atoms with Gasteiger partial charge in [-0.3, -0.25) is 9.59 Å². The molecule has 0 bridgehead atoms. The number of phenolic OH excluding ortho intramolecular Hbond substituents is 1. The Morgan fingerprint density at radius 2 is 1.77 bits per heavy atom. The lowest BCUT2D eigenvalue weighted by atomic mass is 9.38. The van der Waals surface area contributed by atoms with Gasteiger partial charge >= 0.3 is 11.9 Å². The summed E-state index contributed by atoms with van der Waals surface area (Å²) < 4.78 is 24.7. The van der Waals surface area contributed by atoms with Gasteiger partial charge in [0.25, 0.3) is 0 Å². The highest BCUT2D eigenvalue weighted by molar-refractivity contribution is 5.76. The maximum absolute atomic E-state index is 13.9. The normalized spacial score (nSPS) is 48.2. The Kier molecular flexibility index (Phi) is 7.91. The van der Waals surface area contributed by atoms with E-state index < -0.39 is 35.5 Å². The Morgan fingerprint density at radius 1 is 1.00 bits per heavy atom. The van der Waals surface area contributed by atoms with Crippen LogP contribution in [0.3, 0.4) is 0 Å². The summed E-state index contributed by atoms with van der Waals surface area (Å²) in [6.07, 6.45) is 11.6. The van der Waals surface area contributed by atoms with Gasteiger partial charge in [0.05, 0.1) is 31.3 Å². The van der Waals surface area contributed by atoms with Gasteiger partial charge in [0.1, 0.15) is 5.75 Å². The molecular weight excluding hydrogens is 709 g/mol. The average molecular weight is 765 g/mol. The molecular formula is C47H56O9. The zero-order chi connectivity index (χ0) is 39.1. The number of hydrogen-bond acceptors (Lipinski definition) is 9. The van der Waals surface area contributed by atoms with Crippen LogP contribution >= 0.6 is 0 Å². The number of allylic oxidation sites excluding steroid dienone is 3. The van der Waals surface area contributed by atoms with Crippen LogP contribution in [0.25, 0.3) is 0 Å². The van der Waals surface area contributed by atoms with Crippen LogP contribution in [-0.4, -0.2) is 64.1 Å². The Balaban J connectivity index is 0.873. The minimum atomic E-state index is -1.58. The number of aryl methyl sites for hydroxylation is 1. The van der Waals surface area contributed by atoms with E-state index in [2.05, 4.69) is 63.3 Å². The second-order valence-electron chi connectivity index (χ2n) is 19.8. The molecule has 3 N–H and O–H groups in total. The van der Waals surface area contributed by atoms with E-state index >= 15 is 0 Å². The largest absolute Gasteiger partial charge is 0.508 e. The summed E-state index contributed by atoms with van der Waals surface area (Å²) in [4.78, 5) is 26.9. The molecule has 6 fully saturated rings. The van der Waals surface area contributed by atoms with Gasteiger partial charge in [-0.2, -0.15) is 0 Å². The van der Waals surface area contributed by atoms with E-state index in [9.17, 15) is 24.9 Å². The van der Waals surface area contributed by atoms with E-state index in [4.69, 9.17) is 18.9 Å². The summed E-state index contributed by atoms with van der Waals surface area (Å²) in [5, 5.41) is 33.8. The van der Waals surface area contributed by atoms with Gasteiger partial charge in [0.15, 0.2) is 11.7 Å². The van der Waals surface area contributed by atoms with Crippen molar-refractivity contribution in [2.75, 3.05) is 13.2 Å². The number of fused-ring (bicyclic) bond motifs is 5. The summed E-state index contributed by atoms with van der Waals surface area (Å²) in [6, 6.07) is 17.2. The highest BCUT2D eigenvalue weighted by Crippen LogP contribution is 2.89. The van der Waals surface area contributed by atoms with Crippen LogP contribution in [0, 0.1) is 50.7 Å². The van der Waals surface area contributed by atoms with Crippen molar-refractivity contribution >= 4 is 11.9 Å². The number of phenols is 1. The molecule has 1 spiro atoms. The molecule has 8 aliphatic rings. The van der Waals surface area contributed by atoms with Gasteiger partial charge in [-0.1, -0.05) is 87.0 Å². The topological polar surface area (TPSA) is 132 Å². The second-order valence-corrected chi connectivity index (χ2v) is 19.8. The number of carbonyl (C=O) groups excluding carboxylic acids is 2. The minimum absolute atomic E-state index is 0.00585. The smallest absolute Gasteiger partial charge is 0.312 e. The van der Waals surface area contributed by atoms with E-state index in [1.54, 1.807) is 31.2 Å². The number of aliphatic hydroxyl groups excluding tert-OH is 2. The molecule has 9 heteroatoms. The molecule has 0 aromatic heterocycles. The van der Waals surface area contributed by atoms with Crippen LogP contribution in [0.15, 0.2) is 78.4 Å². The summed E-state index contributed by atoms with van der Waals surface area (Å²) in [5.74, 6) is -2.32. The first-order valence-electron chi connectivity index (χ1n) is 20.9. The van der Waals surface area contributed by atoms with E-state index in [0.717, 1.165) is 44.1 Å². The molecule has 5 aliphatic carbocycles. The highest BCUT2D eigenvalue weighted by Gasteiger charge is 2.85. The van der Waals surface area contributed by atoms with Crippen molar-refractivity contribution in [1.82, 2.24) is 0 Å². The number of carbonyl (C=O) groups is 2. The van der Waals surface area contributed by atoms with E-state index in [1.165, 1.54) is 11.1 Å². The predicted molar refractivity (Wildman–Crippen MR) is 206 cm³/mol. The first-order valence-corrected chi connectivity index (χ1v) is 20.9. The lowest BCUT2D eigenvalue weighted by Gasteiger charge is -2.67. The van der Waals surface area contributed by atoms with Crippen LogP contribution in [0.1, 0.15) is 96.3 Å². The fourth-order valence-corrected chi connectivity index (χ4v) is 14.4. The van der Waals surface area contributed by atoms with Gasteiger partial charge in [0, 0.05) is 23.7 Å². The molecule has 10 rings (SSSR count). The molecule has 3 saturated heterocycles. The van der Waals surface area contributed by atoms with Crippen LogP contribution in [-0.2, 0) is 35.0 Å². The van der Waals surface area contributed by atoms with Crippen molar-refractivity contribution < 1.29 is 43.9 Å². The van der Waals surface area contributed by atoms with Crippen molar-refractivity contribution in [2.24, 2.45) is 50.7 Å². The molecule has 3 saturated carbocycles.